The van der Waals surface area contributed by atoms with Crippen molar-refractivity contribution >= 4 is 16.6 Å². The number of hydrogen-bond acceptors (Lipinski definition) is 2. The van der Waals surface area contributed by atoms with E-state index in [-0.39, 0.29) is 11.5 Å². The van der Waals surface area contributed by atoms with Crippen LogP contribution in [0, 0.1) is 0 Å². The summed E-state index contributed by atoms with van der Waals surface area (Å²) in [5.74, 6) is 0.398. The van der Waals surface area contributed by atoms with E-state index in [1.54, 1.807) is 12.1 Å². The van der Waals surface area contributed by atoms with E-state index in [1.807, 2.05) is 24.3 Å². The maximum absolute atomic E-state index is 12.2. The van der Waals surface area contributed by atoms with Gasteiger partial charge in [0.25, 0.3) is 0 Å². The van der Waals surface area contributed by atoms with Gasteiger partial charge >= 0.3 is 0 Å². The molecule has 0 bridgehead atoms. The van der Waals surface area contributed by atoms with Gasteiger partial charge in [0, 0.05) is 17.4 Å². The van der Waals surface area contributed by atoms with Gasteiger partial charge in [-0.3, -0.25) is 4.79 Å². The normalized spacial score (nSPS) is 10.7. The van der Waals surface area contributed by atoms with Crippen molar-refractivity contribution in [2.45, 2.75) is 32.6 Å². The zero-order valence-electron chi connectivity index (χ0n) is 10.6. The highest BCUT2D eigenvalue weighted by Gasteiger charge is 2.11. The quantitative estimate of drug-likeness (QED) is 0.626. The van der Waals surface area contributed by atoms with Gasteiger partial charge in [-0.05, 0) is 23.9 Å². The fraction of sp³-hybridized carbons (Fsp3) is 0.312. The number of carbonyl (C=O) groups excluding carboxylic acids is 1. The summed E-state index contributed by atoms with van der Waals surface area (Å²) < 4.78 is 0. The van der Waals surface area contributed by atoms with Gasteiger partial charge in [0.1, 0.15) is 5.75 Å². The average molecular weight is 242 g/mol. The first-order valence-electron chi connectivity index (χ1n) is 6.48. The molecule has 2 heteroatoms. The Bertz CT molecular complexity index is 558. The molecule has 18 heavy (non-hydrogen) atoms. The Morgan fingerprint density at radius 1 is 1.06 bits per heavy atom. The van der Waals surface area contributed by atoms with E-state index in [0.717, 1.165) is 35.6 Å². The largest absolute Gasteiger partial charge is 0.507 e. The molecule has 2 rings (SSSR count). The van der Waals surface area contributed by atoms with Crippen LogP contribution in [0.3, 0.4) is 0 Å². The molecular formula is C16H18O2. The summed E-state index contributed by atoms with van der Waals surface area (Å²) in [7, 11) is 0. The second kappa shape index (κ2) is 5.67. The zero-order valence-corrected chi connectivity index (χ0v) is 10.6. The molecule has 0 radical (unpaired) electrons. The number of hydrogen-bond donors (Lipinski definition) is 1. The van der Waals surface area contributed by atoms with E-state index >= 15 is 0 Å². The minimum atomic E-state index is 0.166. The number of carbonyl (C=O) groups is 1. The van der Waals surface area contributed by atoms with Gasteiger partial charge in [-0.15, -0.1) is 0 Å². The number of rotatable bonds is 5. The summed E-state index contributed by atoms with van der Waals surface area (Å²) >= 11 is 0. The summed E-state index contributed by atoms with van der Waals surface area (Å²) in [5.41, 5.74) is 0.722. The van der Waals surface area contributed by atoms with Gasteiger partial charge in [-0.1, -0.05) is 44.0 Å². The maximum Gasteiger partial charge on any atom is 0.163 e. The van der Waals surface area contributed by atoms with Crippen LogP contribution in [0.1, 0.15) is 43.0 Å². The molecule has 0 aliphatic carbocycles. The molecule has 0 aliphatic heterocycles. The molecule has 94 valence electrons. The van der Waals surface area contributed by atoms with Crippen LogP contribution in [0.25, 0.3) is 10.8 Å². The standard InChI is InChI=1S/C16H18O2/c1-2-3-4-9-15(17)14-10-11-16(18)13-8-6-5-7-12(13)14/h5-8,10-11,18H,2-4,9H2,1H3. The van der Waals surface area contributed by atoms with Crippen LogP contribution >= 0.6 is 0 Å². The second-order valence-corrected chi connectivity index (χ2v) is 4.56. The van der Waals surface area contributed by atoms with Crippen LogP contribution < -0.4 is 0 Å². The van der Waals surface area contributed by atoms with Crippen LogP contribution in [0.15, 0.2) is 36.4 Å². The third kappa shape index (κ3) is 2.53. The van der Waals surface area contributed by atoms with Gasteiger partial charge in [0.05, 0.1) is 0 Å². The predicted molar refractivity (Wildman–Crippen MR) is 74.1 cm³/mol. The van der Waals surface area contributed by atoms with E-state index in [9.17, 15) is 9.90 Å². The number of ketones is 1. The fourth-order valence-corrected chi connectivity index (χ4v) is 2.20. The summed E-state index contributed by atoms with van der Waals surface area (Å²) in [6.45, 7) is 2.13. The summed E-state index contributed by atoms with van der Waals surface area (Å²) in [4.78, 5) is 12.2. The Balaban J connectivity index is 2.33. The van der Waals surface area contributed by atoms with Crippen molar-refractivity contribution in [1.29, 1.82) is 0 Å². The van der Waals surface area contributed by atoms with Crippen molar-refractivity contribution in [3.8, 4) is 5.75 Å². The maximum atomic E-state index is 12.2. The van der Waals surface area contributed by atoms with Gasteiger partial charge in [0.15, 0.2) is 5.78 Å². The Labute approximate surface area is 107 Å². The minimum absolute atomic E-state index is 0.166. The lowest BCUT2D eigenvalue weighted by atomic mass is 9.98. The molecule has 0 aromatic heterocycles. The molecule has 0 aliphatic rings. The van der Waals surface area contributed by atoms with E-state index in [1.165, 1.54) is 0 Å². The number of unbranched alkanes of at least 4 members (excludes halogenated alkanes) is 2. The summed E-state index contributed by atoms with van der Waals surface area (Å²) in [5, 5.41) is 11.4. The lowest BCUT2D eigenvalue weighted by Crippen LogP contribution is -2.00. The number of phenols is 1. The van der Waals surface area contributed by atoms with E-state index in [2.05, 4.69) is 6.92 Å². The molecule has 2 aromatic rings. The van der Waals surface area contributed by atoms with Crippen LogP contribution in [0.2, 0.25) is 0 Å². The lowest BCUT2D eigenvalue weighted by Gasteiger charge is -2.07. The molecule has 0 heterocycles. The van der Waals surface area contributed by atoms with Crippen molar-refractivity contribution in [1.82, 2.24) is 0 Å². The number of fused-ring (bicyclic) bond motifs is 1. The smallest absolute Gasteiger partial charge is 0.163 e. The van der Waals surface area contributed by atoms with Crippen LogP contribution in [-0.2, 0) is 0 Å². The Kier molecular flexibility index (Phi) is 3.98. The highest BCUT2D eigenvalue weighted by Crippen LogP contribution is 2.28. The van der Waals surface area contributed by atoms with Crippen molar-refractivity contribution in [3.63, 3.8) is 0 Å². The van der Waals surface area contributed by atoms with E-state index in [0.29, 0.717) is 6.42 Å². The van der Waals surface area contributed by atoms with Gasteiger partial charge < -0.3 is 5.11 Å². The fourth-order valence-electron chi connectivity index (χ4n) is 2.20. The van der Waals surface area contributed by atoms with Crippen molar-refractivity contribution in [3.05, 3.63) is 42.0 Å². The topological polar surface area (TPSA) is 37.3 Å². The molecular weight excluding hydrogens is 224 g/mol. The molecule has 0 amide bonds. The molecule has 0 saturated carbocycles. The number of benzene rings is 2. The Hall–Kier alpha value is -1.83. The molecule has 0 spiro atoms. The first-order chi connectivity index (χ1) is 8.74. The van der Waals surface area contributed by atoms with E-state index < -0.39 is 0 Å². The summed E-state index contributed by atoms with van der Waals surface area (Å²) in [6, 6.07) is 10.8. The highest BCUT2D eigenvalue weighted by atomic mass is 16.3. The Morgan fingerprint density at radius 3 is 2.50 bits per heavy atom. The summed E-state index contributed by atoms with van der Waals surface area (Å²) in [6.07, 6.45) is 3.72. The third-order valence-electron chi connectivity index (χ3n) is 3.21. The zero-order chi connectivity index (χ0) is 13.0. The molecule has 1 N–H and O–H groups in total. The first kappa shape index (κ1) is 12.6. The molecule has 2 nitrogen and oxygen atoms in total. The molecule has 0 fully saturated rings. The van der Waals surface area contributed by atoms with Crippen LogP contribution in [0.5, 0.6) is 5.75 Å². The number of Topliss-reactive ketones (excluding diaryl/α,β-unsaturated/α-hetero) is 1. The van der Waals surface area contributed by atoms with Gasteiger partial charge in [0.2, 0.25) is 0 Å². The van der Waals surface area contributed by atoms with E-state index in [4.69, 9.17) is 0 Å². The Morgan fingerprint density at radius 2 is 1.78 bits per heavy atom. The lowest BCUT2D eigenvalue weighted by molar-refractivity contribution is 0.0981. The highest BCUT2D eigenvalue weighted by molar-refractivity contribution is 6.09. The average Bonchev–Trinajstić information content (AvgIpc) is 2.39. The van der Waals surface area contributed by atoms with Crippen LogP contribution in [0.4, 0.5) is 0 Å². The minimum Gasteiger partial charge on any atom is -0.507 e. The van der Waals surface area contributed by atoms with Crippen LogP contribution in [-0.4, -0.2) is 10.9 Å². The van der Waals surface area contributed by atoms with Crippen molar-refractivity contribution in [2.75, 3.05) is 0 Å². The first-order valence-corrected chi connectivity index (χ1v) is 6.48. The van der Waals surface area contributed by atoms with Crippen molar-refractivity contribution < 1.29 is 9.90 Å². The molecule has 2 aromatic carbocycles. The number of aromatic hydroxyl groups is 1. The number of phenolic OH excluding ortho intramolecular Hbond substituents is 1. The SMILES string of the molecule is CCCCCC(=O)c1ccc(O)c2ccccc12. The monoisotopic (exact) mass is 242 g/mol. The van der Waals surface area contributed by atoms with Crippen molar-refractivity contribution in [2.24, 2.45) is 0 Å². The predicted octanol–water partition coefficient (Wildman–Crippen LogP) is 4.31. The van der Waals surface area contributed by atoms with Gasteiger partial charge in [-0.25, -0.2) is 0 Å². The second-order valence-electron chi connectivity index (χ2n) is 4.56. The molecule has 0 saturated heterocycles. The molecule has 0 unspecified atom stereocenters. The molecule has 0 atom stereocenters. The van der Waals surface area contributed by atoms with Gasteiger partial charge in [-0.2, -0.15) is 0 Å². The third-order valence-corrected chi connectivity index (χ3v) is 3.21.